The highest BCUT2D eigenvalue weighted by atomic mass is 16.6. The topological polar surface area (TPSA) is 67.8 Å². The highest BCUT2D eigenvalue weighted by molar-refractivity contribution is 5.68. The number of carbonyl (C=O) groups is 1. The lowest BCUT2D eigenvalue weighted by Crippen LogP contribution is -2.48. The number of aliphatic hydroxyl groups excluding tert-OH is 1. The molecule has 182 valence electrons. The molecule has 0 heterocycles. The van der Waals surface area contributed by atoms with E-state index in [1.54, 1.807) is 0 Å². The van der Waals surface area contributed by atoms with Crippen molar-refractivity contribution in [2.45, 2.75) is 92.1 Å². The fourth-order valence-electron chi connectivity index (χ4n) is 3.64. The molecule has 2 N–H and O–H groups in total. The van der Waals surface area contributed by atoms with E-state index in [0.29, 0.717) is 32.0 Å². The number of carbonyl (C=O) groups excluding carboxylic acids is 1. The van der Waals surface area contributed by atoms with E-state index >= 15 is 0 Å². The van der Waals surface area contributed by atoms with Gasteiger partial charge >= 0.3 is 6.09 Å². The Morgan fingerprint density at radius 3 is 2.31 bits per heavy atom. The average Bonchev–Trinajstić information content (AvgIpc) is 2.67. The van der Waals surface area contributed by atoms with E-state index in [4.69, 9.17) is 9.47 Å². The van der Waals surface area contributed by atoms with Gasteiger partial charge in [0, 0.05) is 6.61 Å². The van der Waals surface area contributed by atoms with E-state index in [0.717, 1.165) is 12.0 Å². The predicted molar refractivity (Wildman–Crippen MR) is 131 cm³/mol. The summed E-state index contributed by atoms with van der Waals surface area (Å²) in [5, 5.41) is 14.0. The van der Waals surface area contributed by atoms with E-state index in [-0.39, 0.29) is 11.3 Å². The molecule has 1 aromatic rings. The number of nitrogens with one attached hydrogen (secondary N) is 1. The SMILES string of the molecule is C=C[C@H](C[C@H](O)[C@H](CC(C)(C)CCOCc1ccccc1)NC(=O)OC(C)(C)C)C(C)C. The second kappa shape index (κ2) is 13.0. The molecular weight excluding hydrogens is 402 g/mol. The average molecular weight is 448 g/mol. The maximum absolute atomic E-state index is 12.5. The Morgan fingerprint density at radius 1 is 1.16 bits per heavy atom. The summed E-state index contributed by atoms with van der Waals surface area (Å²) in [5.41, 5.74) is 0.412. The molecule has 0 saturated heterocycles. The molecule has 3 atom stereocenters. The number of aliphatic hydroxyl groups is 1. The van der Waals surface area contributed by atoms with Crippen LogP contribution in [0.2, 0.25) is 0 Å². The molecule has 0 unspecified atom stereocenters. The van der Waals surface area contributed by atoms with Gasteiger partial charge in [-0.15, -0.1) is 6.58 Å². The van der Waals surface area contributed by atoms with Crippen LogP contribution >= 0.6 is 0 Å². The highest BCUT2D eigenvalue weighted by Crippen LogP contribution is 2.30. The number of hydrogen-bond donors (Lipinski definition) is 2. The molecule has 1 aromatic carbocycles. The Kier molecular flexibility index (Phi) is 11.5. The number of rotatable bonds is 13. The van der Waals surface area contributed by atoms with Crippen LogP contribution in [0.5, 0.6) is 0 Å². The van der Waals surface area contributed by atoms with Crippen LogP contribution in [0, 0.1) is 17.3 Å². The summed E-state index contributed by atoms with van der Waals surface area (Å²) in [6, 6.07) is 9.68. The van der Waals surface area contributed by atoms with Gasteiger partial charge in [0.25, 0.3) is 0 Å². The van der Waals surface area contributed by atoms with Crippen molar-refractivity contribution < 1.29 is 19.4 Å². The molecular formula is C27H45NO4. The Labute approximate surface area is 195 Å². The van der Waals surface area contributed by atoms with Gasteiger partial charge in [0.1, 0.15) is 5.60 Å². The molecule has 0 spiro atoms. The fourth-order valence-corrected chi connectivity index (χ4v) is 3.64. The Bertz CT molecular complexity index is 679. The smallest absolute Gasteiger partial charge is 0.407 e. The van der Waals surface area contributed by atoms with Crippen LogP contribution in [-0.2, 0) is 16.1 Å². The molecule has 1 rings (SSSR count). The van der Waals surface area contributed by atoms with Gasteiger partial charge in [0.05, 0.1) is 18.8 Å². The summed E-state index contributed by atoms with van der Waals surface area (Å²) in [6.07, 6.45) is 2.66. The lowest BCUT2D eigenvalue weighted by molar-refractivity contribution is 0.0293. The first-order valence-corrected chi connectivity index (χ1v) is 11.7. The highest BCUT2D eigenvalue weighted by Gasteiger charge is 2.32. The third-order valence-corrected chi connectivity index (χ3v) is 5.65. The molecule has 0 aliphatic heterocycles. The molecule has 0 radical (unpaired) electrons. The van der Waals surface area contributed by atoms with Crippen LogP contribution in [0.4, 0.5) is 4.79 Å². The van der Waals surface area contributed by atoms with Gasteiger partial charge in [0.15, 0.2) is 0 Å². The van der Waals surface area contributed by atoms with Crippen LogP contribution in [0.1, 0.15) is 73.3 Å². The fraction of sp³-hybridized carbons (Fsp3) is 0.667. The molecule has 0 fully saturated rings. The summed E-state index contributed by atoms with van der Waals surface area (Å²) in [4.78, 5) is 12.5. The van der Waals surface area contributed by atoms with Crippen molar-refractivity contribution in [1.82, 2.24) is 5.32 Å². The Morgan fingerprint density at radius 2 is 1.78 bits per heavy atom. The van der Waals surface area contributed by atoms with E-state index in [2.05, 4.69) is 39.6 Å². The normalized spacial score (nSPS) is 15.2. The minimum atomic E-state index is -0.697. The Hall–Kier alpha value is -1.85. The standard InChI is InChI=1S/C27H45NO4/c1-9-22(20(2)3)17-24(29)23(28-25(30)32-26(4,5)6)18-27(7,8)15-16-31-19-21-13-11-10-12-14-21/h9-14,20,22-24,29H,1,15-19H2,2-8H3,(H,28,30)/t22-,23+,24+/m1/s1. The summed E-state index contributed by atoms with van der Waals surface area (Å²) in [6.45, 7) is 19.1. The van der Waals surface area contributed by atoms with Crippen LogP contribution in [0.3, 0.4) is 0 Å². The lowest BCUT2D eigenvalue weighted by atomic mass is 9.79. The summed E-state index contributed by atoms with van der Waals surface area (Å²) in [7, 11) is 0. The van der Waals surface area contributed by atoms with Gasteiger partial charge in [0.2, 0.25) is 0 Å². The van der Waals surface area contributed by atoms with Gasteiger partial charge in [-0.25, -0.2) is 4.79 Å². The first kappa shape index (κ1) is 28.2. The van der Waals surface area contributed by atoms with Gasteiger partial charge in [-0.3, -0.25) is 0 Å². The summed E-state index contributed by atoms with van der Waals surface area (Å²) in [5.74, 6) is 0.536. The van der Waals surface area contributed by atoms with Crippen LogP contribution in [0.15, 0.2) is 43.0 Å². The zero-order valence-corrected chi connectivity index (χ0v) is 21.2. The molecule has 32 heavy (non-hydrogen) atoms. The minimum Gasteiger partial charge on any atom is -0.444 e. The minimum absolute atomic E-state index is 0.140. The van der Waals surface area contributed by atoms with Crippen molar-refractivity contribution >= 4 is 6.09 Å². The third-order valence-electron chi connectivity index (χ3n) is 5.65. The van der Waals surface area contributed by atoms with Crippen LogP contribution < -0.4 is 5.32 Å². The van der Waals surface area contributed by atoms with Crippen molar-refractivity contribution in [3.63, 3.8) is 0 Å². The lowest BCUT2D eigenvalue weighted by Gasteiger charge is -2.34. The van der Waals surface area contributed by atoms with Crippen molar-refractivity contribution in [3.8, 4) is 0 Å². The van der Waals surface area contributed by atoms with E-state index < -0.39 is 23.8 Å². The molecule has 5 nitrogen and oxygen atoms in total. The predicted octanol–water partition coefficient (Wildman–Crippen LogP) is 6.11. The molecule has 0 aromatic heterocycles. The maximum Gasteiger partial charge on any atom is 0.407 e. The monoisotopic (exact) mass is 447 g/mol. The molecule has 0 bridgehead atoms. The zero-order valence-electron chi connectivity index (χ0n) is 21.2. The van der Waals surface area contributed by atoms with E-state index in [1.165, 1.54) is 0 Å². The second-order valence-electron chi connectivity index (χ2n) is 10.9. The summed E-state index contributed by atoms with van der Waals surface area (Å²) < 4.78 is 11.3. The first-order valence-electron chi connectivity index (χ1n) is 11.7. The maximum atomic E-state index is 12.5. The number of amides is 1. The zero-order chi connectivity index (χ0) is 24.4. The molecule has 0 aliphatic rings. The van der Waals surface area contributed by atoms with Gasteiger partial charge in [-0.2, -0.15) is 0 Å². The molecule has 0 saturated carbocycles. The largest absolute Gasteiger partial charge is 0.444 e. The first-order chi connectivity index (χ1) is 14.8. The molecule has 1 amide bonds. The van der Waals surface area contributed by atoms with E-state index in [1.807, 2.05) is 57.2 Å². The number of hydrogen-bond acceptors (Lipinski definition) is 4. The van der Waals surface area contributed by atoms with Gasteiger partial charge in [-0.05, 0) is 62.8 Å². The molecule has 0 aliphatic carbocycles. The van der Waals surface area contributed by atoms with Crippen LogP contribution in [0.25, 0.3) is 0 Å². The number of benzene rings is 1. The van der Waals surface area contributed by atoms with Gasteiger partial charge < -0.3 is 19.9 Å². The van der Waals surface area contributed by atoms with Gasteiger partial charge in [-0.1, -0.05) is 64.1 Å². The van der Waals surface area contributed by atoms with Crippen LogP contribution in [-0.4, -0.2) is 35.6 Å². The summed E-state index contributed by atoms with van der Waals surface area (Å²) >= 11 is 0. The van der Waals surface area contributed by atoms with Crippen molar-refractivity contribution in [3.05, 3.63) is 48.6 Å². The van der Waals surface area contributed by atoms with E-state index in [9.17, 15) is 9.90 Å². The quantitative estimate of drug-likeness (QED) is 0.283. The second-order valence-corrected chi connectivity index (χ2v) is 10.9. The number of ether oxygens (including phenoxy) is 2. The number of allylic oxidation sites excluding steroid dienone is 1. The Balaban J connectivity index is 2.75. The number of alkyl carbamates (subject to hydrolysis) is 1. The van der Waals surface area contributed by atoms with Crippen molar-refractivity contribution in [2.24, 2.45) is 17.3 Å². The van der Waals surface area contributed by atoms with Crippen molar-refractivity contribution in [1.29, 1.82) is 0 Å². The molecule has 5 heteroatoms. The van der Waals surface area contributed by atoms with Crippen molar-refractivity contribution in [2.75, 3.05) is 6.61 Å². The third kappa shape index (κ3) is 11.7.